The lowest BCUT2D eigenvalue weighted by molar-refractivity contribution is -0.385. The first-order valence-corrected chi connectivity index (χ1v) is 8.98. The Morgan fingerprint density at radius 1 is 1.26 bits per heavy atom. The van der Waals surface area contributed by atoms with E-state index >= 15 is 0 Å². The van der Waals surface area contributed by atoms with Gasteiger partial charge in [0.15, 0.2) is 0 Å². The predicted octanol–water partition coefficient (Wildman–Crippen LogP) is 0.395. The molecular weight excluding hydrogens is 320 g/mol. The van der Waals surface area contributed by atoms with Crippen LogP contribution in [0.15, 0.2) is 17.0 Å². The van der Waals surface area contributed by atoms with Crippen molar-refractivity contribution in [3.63, 3.8) is 0 Å². The van der Waals surface area contributed by atoms with Gasteiger partial charge in [0.25, 0.3) is 5.69 Å². The van der Waals surface area contributed by atoms with E-state index in [4.69, 9.17) is 0 Å². The van der Waals surface area contributed by atoms with Crippen molar-refractivity contribution >= 4 is 15.7 Å². The summed E-state index contributed by atoms with van der Waals surface area (Å²) in [5.41, 5.74) is 0.771. The second-order valence-corrected chi connectivity index (χ2v) is 7.39. The quantitative estimate of drug-likeness (QED) is 0.573. The van der Waals surface area contributed by atoms with Crippen LogP contribution in [-0.4, -0.2) is 57.5 Å². The molecule has 1 aromatic rings. The van der Waals surface area contributed by atoms with Gasteiger partial charge in [-0.3, -0.25) is 15.0 Å². The Morgan fingerprint density at radius 3 is 2.52 bits per heavy atom. The van der Waals surface area contributed by atoms with E-state index in [1.807, 2.05) is 0 Å². The highest BCUT2D eigenvalue weighted by Gasteiger charge is 2.22. The minimum Gasteiger partial charge on any atom is -0.314 e. The minimum absolute atomic E-state index is 0.0323. The summed E-state index contributed by atoms with van der Waals surface area (Å²) in [6, 6.07) is 2.67. The van der Waals surface area contributed by atoms with E-state index in [1.54, 1.807) is 13.8 Å². The van der Waals surface area contributed by atoms with E-state index in [9.17, 15) is 18.5 Å². The average Bonchev–Trinajstić information content (AvgIpc) is 2.47. The molecule has 23 heavy (non-hydrogen) atoms. The molecule has 1 aromatic carbocycles. The fourth-order valence-corrected chi connectivity index (χ4v) is 3.92. The molecule has 0 aliphatic carbocycles. The summed E-state index contributed by atoms with van der Waals surface area (Å²) in [5, 5.41) is 14.2. The second-order valence-electron chi connectivity index (χ2n) is 5.65. The zero-order valence-electron chi connectivity index (χ0n) is 13.3. The highest BCUT2D eigenvalue weighted by atomic mass is 32.2. The summed E-state index contributed by atoms with van der Waals surface area (Å²) < 4.78 is 27.4. The molecule has 1 fully saturated rings. The third-order valence-corrected chi connectivity index (χ3v) is 5.51. The van der Waals surface area contributed by atoms with Gasteiger partial charge in [-0.1, -0.05) is 0 Å². The number of piperazine rings is 1. The SMILES string of the molecule is Cc1cc(C)c(S(=O)(=O)NCCN2CCNCC2)cc1[N+](=O)[O-]. The molecule has 128 valence electrons. The lowest BCUT2D eigenvalue weighted by atomic mass is 10.1. The maximum atomic E-state index is 12.4. The zero-order chi connectivity index (χ0) is 17.0. The van der Waals surface area contributed by atoms with Gasteiger partial charge in [-0.2, -0.15) is 0 Å². The third kappa shape index (κ3) is 4.47. The Bertz CT molecular complexity index is 684. The summed E-state index contributed by atoms with van der Waals surface area (Å²) >= 11 is 0. The molecular formula is C14H22N4O4S. The molecule has 1 aliphatic rings. The fraction of sp³-hybridized carbons (Fsp3) is 0.571. The first-order valence-electron chi connectivity index (χ1n) is 7.49. The van der Waals surface area contributed by atoms with Crippen LogP contribution in [0, 0.1) is 24.0 Å². The molecule has 0 atom stereocenters. The smallest absolute Gasteiger partial charge is 0.273 e. The molecule has 0 radical (unpaired) electrons. The van der Waals surface area contributed by atoms with Crippen LogP contribution in [0.2, 0.25) is 0 Å². The topological polar surface area (TPSA) is 105 Å². The van der Waals surface area contributed by atoms with Crippen molar-refractivity contribution < 1.29 is 13.3 Å². The third-order valence-electron chi connectivity index (χ3n) is 3.91. The fourth-order valence-electron chi connectivity index (χ4n) is 2.66. The number of nitrogens with one attached hydrogen (secondary N) is 2. The van der Waals surface area contributed by atoms with Crippen molar-refractivity contribution in [2.75, 3.05) is 39.3 Å². The van der Waals surface area contributed by atoms with Gasteiger partial charge in [-0.25, -0.2) is 13.1 Å². The average molecular weight is 342 g/mol. The zero-order valence-corrected chi connectivity index (χ0v) is 14.1. The van der Waals surface area contributed by atoms with Crippen LogP contribution in [-0.2, 0) is 10.0 Å². The van der Waals surface area contributed by atoms with Gasteiger partial charge in [0.05, 0.1) is 9.82 Å². The van der Waals surface area contributed by atoms with Gasteiger partial charge in [-0.05, 0) is 25.5 Å². The molecule has 1 saturated heterocycles. The van der Waals surface area contributed by atoms with Crippen LogP contribution in [0.1, 0.15) is 11.1 Å². The Kier molecular flexibility index (Phi) is 5.69. The maximum Gasteiger partial charge on any atom is 0.273 e. The number of nitro benzene ring substituents is 1. The molecule has 0 unspecified atom stereocenters. The molecule has 1 aliphatic heterocycles. The molecule has 0 amide bonds. The van der Waals surface area contributed by atoms with E-state index in [0.29, 0.717) is 17.7 Å². The van der Waals surface area contributed by atoms with Gasteiger partial charge >= 0.3 is 0 Å². The van der Waals surface area contributed by atoms with E-state index in [0.717, 1.165) is 32.2 Å². The van der Waals surface area contributed by atoms with Crippen LogP contribution >= 0.6 is 0 Å². The van der Waals surface area contributed by atoms with Gasteiger partial charge < -0.3 is 5.32 Å². The summed E-state index contributed by atoms with van der Waals surface area (Å²) in [6.45, 7) is 7.71. The maximum absolute atomic E-state index is 12.4. The van der Waals surface area contributed by atoms with E-state index in [1.165, 1.54) is 6.07 Å². The number of benzene rings is 1. The van der Waals surface area contributed by atoms with Crippen molar-refractivity contribution in [2.24, 2.45) is 0 Å². The van der Waals surface area contributed by atoms with Crippen LogP contribution in [0.5, 0.6) is 0 Å². The van der Waals surface area contributed by atoms with Crippen molar-refractivity contribution in [1.29, 1.82) is 0 Å². The summed E-state index contributed by atoms with van der Waals surface area (Å²) in [4.78, 5) is 12.6. The number of sulfonamides is 1. The number of nitro groups is 1. The molecule has 0 aromatic heterocycles. The molecule has 2 rings (SSSR count). The molecule has 1 heterocycles. The largest absolute Gasteiger partial charge is 0.314 e. The minimum atomic E-state index is -3.76. The lowest BCUT2D eigenvalue weighted by Crippen LogP contribution is -2.46. The number of nitrogens with zero attached hydrogens (tertiary/aromatic N) is 2. The van der Waals surface area contributed by atoms with Crippen molar-refractivity contribution in [1.82, 2.24) is 14.9 Å². The summed E-state index contributed by atoms with van der Waals surface area (Å²) in [5.74, 6) is 0. The van der Waals surface area contributed by atoms with Crippen molar-refractivity contribution in [3.05, 3.63) is 33.4 Å². The monoisotopic (exact) mass is 342 g/mol. The van der Waals surface area contributed by atoms with Crippen LogP contribution < -0.4 is 10.0 Å². The number of aryl methyl sites for hydroxylation is 2. The van der Waals surface area contributed by atoms with Crippen LogP contribution in [0.3, 0.4) is 0 Å². The first-order chi connectivity index (χ1) is 10.8. The molecule has 0 spiro atoms. The molecule has 8 nitrogen and oxygen atoms in total. The summed E-state index contributed by atoms with van der Waals surface area (Å²) in [7, 11) is -3.76. The van der Waals surface area contributed by atoms with E-state index < -0.39 is 14.9 Å². The summed E-state index contributed by atoms with van der Waals surface area (Å²) in [6.07, 6.45) is 0. The second kappa shape index (κ2) is 7.35. The molecule has 0 bridgehead atoms. The van der Waals surface area contributed by atoms with Crippen LogP contribution in [0.25, 0.3) is 0 Å². The molecule has 9 heteroatoms. The highest BCUT2D eigenvalue weighted by molar-refractivity contribution is 7.89. The van der Waals surface area contributed by atoms with E-state index in [2.05, 4.69) is 14.9 Å². The number of hydrogen-bond acceptors (Lipinski definition) is 6. The van der Waals surface area contributed by atoms with E-state index in [-0.39, 0.29) is 17.1 Å². The van der Waals surface area contributed by atoms with Gasteiger partial charge in [-0.15, -0.1) is 0 Å². The Hall–Kier alpha value is -1.55. The highest BCUT2D eigenvalue weighted by Crippen LogP contribution is 2.25. The van der Waals surface area contributed by atoms with Crippen molar-refractivity contribution in [3.8, 4) is 0 Å². The number of rotatable bonds is 6. The Balaban J connectivity index is 2.09. The molecule has 0 saturated carbocycles. The van der Waals surface area contributed by atoms with Crippen molar-refractivity contribution in [2.45, 2.75) is 18.7 Å². The standard InChI is InChI=1S/C14H22N4O4S/c1-11-9-12(2)14(10-13(11)18(19)20)23(21,22)16-5-8-17-6-3-15-4-7-17/h9-10,15-16H,3-8H2,1-2H3. The number of hydrogen-bond donors (Lipinski definition) is 2. The van der Waals surface area contributed by atoms with Gasteiger partial charge in [0, 0.05) is 50.9 Å². The first kappa shape index (κ1) is 17.8. The lowest BCUT2D eigenvalue weighted by Gasteiger charge is -2.27. The van der Waals surface area contributed by atoms with Crippen LogP contribution in [0.4, 0.5) is 5.69 Å². The molecule has 2 N–H and O–H groups in total. The normalized spacial score (nSPS) is 16.4. The predicted molar refractivity (Wildman–Crippen MR) is 87.1 cm³/mol. The van der Waals surface area contributed by atoms with Gasteiger partial charge in [0.2, 0.25) is 10.0 Å². The Labute approximate surface area is 136 Å². The Morgan fingerprint density at radius 2 is 1.91 bits per heavy atom. The van der Waals surface area contributed by atoms with Gasteiger partial charge in [0.1, 0.15) is 0 Å².